The van der Waals surface area contributed by atoms with Crippen molar-refractivity contribution in [2.24, 2.45) is 0 Å². The molecule has 0 atom stereocenters. The number of rotatable bonds is 3. The van der Waals surface area contributed by atoms with Crippen LogP contribution in [0.25, 0.3) is 0 Å². The summed E-state index contributed by atoms with van der Waals surface area (Å²) >= 11 is 7.54. The summed E-state index contributed by atoms with van der Waals surface area (Å²) in [5.74, 6) is 0.915. The van der Waals surface area contributed by atoms with Crippen LogP contribution in [0.4, 0.5) is 5.69 Å². The largest absolute Gasteiger partial charge is 0.454 e. The van der Waals surface area contributed by atoms with Gasteiger partial charge in [-0.25, -0.2) is 0 Å². The molecule has 2 aromatic carbocycles. The lowest BCUT2D eigenvalue weighted by atomic mass is 10.2. The van der Waals surface area contributed by atoms with Gasteiger partial charge in [0.15, 0.2) is 0 Å². The van der Waals surface area contributed by atoms with Crippen molar-refractivity contribution in [1.29, 1.82) is 5.26 Å². The molecule has 0 amide bonds. The Morgan fingerprint density at radius 1 is 1.26 bits per heavy atom. The van der Waals surface area contributed by atoms with Gasteiger partial charge in [-0.2, -0.15) is 5.26 Å². The summed E-state index contributed by atoms with van der Waals surface area (Å²) in [6, 6.07) is 12.6. The molecule has 0 unspecified atom stereocenters. The molecule has 2 aromatic rings. The predicted octanol–water partition coefficient (Wildman–Crippen LogP) is 4.31. The van der Waals surface area contributed by atoms with Crippen LogP contribution < -0.4 is 10.5 Å². The summed E-state index contributed by atoms with van der Waals surface area (Å²) in [7, 11) is 0. The van der Waals surface area contributed by atoms with Gasteiger partial charge in [0, 0.05) is 16.6 Å². The minimum atomic E-state index is 0.441. The summed E-state index contributed by atoms with van der Waals surface area (Å²) in [4.78, 5) is 0.861. The van der Waals surface area contributed by atoms with E-state index in [0.29, 0.717) is 27.8 Å². The van der Waals surface area contributed by atoms with Crippen LogP contribution in [0.3, 0.4) is 0 Å². The minimum Gasteiger partial charge on any atom is -0.454 e. The van der Waals surface area contributed by atoms with Crippen LogP contribution in [0.5, 0.6) is 11.5 Å². The summed E-state index contributed by atoms with van der Waals surface area (Å²) in [5.41, 5.74) is 6.75. The fourth-order valence-electron chi connectivity index (χ4n) is 1.59. The van der Waals surface area contributed by atoms with Gasteiger partial charge in [-0.15, -0.1) is 11.8 Å². The number of thioether (sulfide) groups is 1. The van der Waals surface area contributed by atoms with Gasteiger partial charge in [-0.1, -0.05) is 17.7 Å². The molecule has 2 N–H and O–H groups in total. The average molecular weight is 291 g/mol. The van der Waals surface area contributed by atoms with E-state index < -0.39 is 0 Å². The molecule has 0 aromatic heterocycles. The topological polar surface area (TPSA) is 59.0 Å². The molecule has 0 fully saturated rings. The van der Waals surface area contributed by atoms with Crippen molar-refractivity contribution in [3.63, 3.8) is 0 Å². The molecule has 0 heterocycles. The molecule has 0 bridgehead atoms. The quantitative estimate of drug-likeness (QED) is 0.676. The van der Waals surface area contributed by atoms with Gasteiger partial charge in [-0.05, 0) is 30.5 Å². The Balaban J connectivity index is 2.44. The zero-order valence-corrected chi connectivity index (χ0v) is 11.8. The van der Waals surface area contributed by atoms with Gasteiger partial charge < -0.3 is 10.5 Å². The maximum Gasteiger partial charge on any atom is 0.148 e. The number of nitrogens with two attached hydrogens (primary N) is 1. The number of nitrogen functional groups attached to an aromatic ring is 1. The lowest BCUT2D eigenvalue weighted by Crippen LogP contribution is -1.92. The second-order valence-electron chi connectivity index (χ2n) is 3.74. The number of ether oxygens (including phenoxy) is 1. The zero-order chi connectivity index (χ0) is 13.8. The number of anilines is 1. The number of benzene rings is 2. The van der Waals surface area contributed by atoms with Crippen LogP contribution in [0.1, 0.15) is 5.56 Å². The third-order valence-electron chi connectivity index (χ3n) is 2.49. The summed E-state index contributed by atoms with van der Waals surface area (Å²) in [6.45, 7) is 0. The van der Waals surface area contributed by atoms with Crippen molar-refractivity contribution < 1.29 is 4.74 Å². The lowest BCUT2D eigenvalue weighted by molar-refractivity contribution is 0.480. The molecule has 0 spiro atoms. The Morgan fingerprint density at radius 3 is 2.74 bits per heavy atom. The van der Waals surface area contributed by atoms with Gasteiger partial charge in [0.2, 0.25) is 0 Å². The molecule has 0 saturated carbocycles. The Morgan fingerprint density at radius 2 is 2.05 bits per heavy atom. The van der Waals surface area contributed by atoms with Gasteiger partial charge in [0.1, 0.15) is 23.1 Å². The first kappa shape index (κ1) is 13.6. The number of hydrogen-bond donors (Lipinski definition) is 1. The minimum absolute atomic E-state index is 0.441. The molecular weight excluding hydrogens is 280 g/mol. The second-order valence-corrected chi connectivity index (χ2v) is 4.99. The van der Waals surface area contributed by atoms with E-state index in [2.05, 4.69) is 6.07 Å². The molecule has 0 radical (unpaired) electrons. The van der Waals surface area contributed by atoms with Gasteiger partial charge >= 0.3 is 0 Å². The second kappa shape index (κ2) is 5.87. The van der Waals surface area contributed by atoms with E-state index in [9.17, 15) is 5.26 Å². The molecule has 0 aliphatic heterocycles. The van der Waals surface area contributed by atoms with Crippen LogP contribution in [-0.2, 0) is 0 Å². The van der Waals surface area contributed by atoms with Crippen molar-refractivity contribution in [2.45, 2.75) is 4.90 Å². The molecule has 0 aliphatic rings. The summed E-state index contributed by atoms with van der Waals surface area (Å²) < 4.78 is 5.71. The maximum atomic E-state index is 9.23. The Kier molecular flexibility index (Phi) is 4.20. The Labute approximate surface area is 120 Å². The van der Waals surface area contributed by atoms with Crippen LogP contribution >= 0.6 is 23.4 Å². The smallest absolute Gasteiger partial charge is 0.148 e. The van der Waals surface area contributed by atoms with E-state index >= 15 is 0 Å². The van der Waals surface area contributed by atoms with Crippen LogP contribution in [0.2, 0.25) is 5.02 Å². The van der Waals surface area contributed by atoms with Crippen molar-refractivity contribution in [3.8, 4) is 17.6 Å². The number of nitrogens with zero attached hydrogens (tertiary/aromatic N) is 1. The zero-order valence-electron chi connectivity index (χ0n) is 10.2. The van der Waals surface area contributed by atoms with E-state index in [0.717, 1.165) is 4.90 Å². The summed E-state index contributed by atoms with van der Waals surface area (Å²) in [6.07, 6.45) is 1.91. The highest BCUT2D eigenvalue weighted by molar-refractivity contribution is 7.98. The highest BCUT2D eigenvalue weighted by atomic mass is 35.5. The predicted molar refractivity (Wildman–Crippen MR) is 78.9 cm³/mol. The molecule has 19 heavy (non-hydrogen) atoms. The van der Waals surface area contributed by atoms with Gasteiger partial charge in [0.05, 0.1) is 5.02 Å². The van der Waals surface area contributed by atoms with Gasteiger partial charge in [-0.3, -0.25) is 0 Å². The number of hydrogen-bond acceptors (Lipinski definition) is 4. The van der Waals surface area contributed by atoms with E-state index in [4.69, 9.17) is 22.1 Å². The third kappa shape index (κ3) is 2.95. The maximum absolute atomic E-state index is 9.23. The monoisotopic (exact) mass is 290 g/mol. The number of halogens is 1. The van der Waals surface area contributed by atoms with Crippen LogP contribution in [-0.4, -0.2) is 6.26 Å². The highest BCUT2D eigenvalue weighted by Crippen LogP contribution is 2.35. The highest BCUT2D eigenvalue weighted by Gasteiger charge is 2.11. The SMILES string of the molecule is CSc1cccc(Oc2cc(N)ccc2Cl)c1C#N. The van der Waals surface area contributed by atoms with E-state index in [1.807, 2.05) is 18.4 Å². The van der Waals surface area contributed by atoms with E-state index in [-0.39, 0.29) is 0 Å². The standard InChI is InChI=1S/C14H11ClN2OS/c1-19-14-4-2-3-12(10(14)8-16)18-13-7-9(17)5-6-11(13)15/h2-7H,17H2,1H3. The average Bonchev–Trinajstić information content (AvgIpc) is 2.42. The van der Waals surface area contributed by atoms with Crippen molar-refractivity contribution in [1.82, 2.24) is 0 Å². The lowest BCUT2D eigenvalue weighted by Gasteiger charge is -2.11. The van der Waals surface area contributed by atoms with Crippen molar-refractivity contribution in [2.75, 3.05) is 12.0 Å². The molecule has 0 aliphatic carbocycles. The van der Waals surface area contributed by atoms with Gasteiger partial charge in [0.25, 0.3) is 0 Å². The molecule has 3 nitrogen and oxygen atoms in total. The Bertz CT molecular complexity index is 652. The molecule has 96 valence electrons. The van der Waals surface area contributed by atoms with Crippen LogP contribution in [0, 0.1) is 11.3 Å². The third-order valence-corrected chi connectivity index (χ3v) is 3.59. The molecule has 0 saturated heterocycles. The molecule has 2 rings (SSSR count). The Hall–Kier alpha value is -1.83. The molecule has 5 heteroatoms. The number of nitriles is 1. The molecular formula is C14H11ClN2OS. The van der Waals surface area contributed by atoms with E-state index in [1.165, 1.54) is 11.8 Å². The summed E-state index contributed by atoms with van der Waals surface area (Å²) in [5, 5.41) is 9.68. The first-order valence-corrected chi connectivity index (χ1v) is 7.06. The van der Waals surface area contributed by atoms with Crippen molar-refractivity contribution in [3.05, 3.63) is 47.0 Å². The fraction of sp³-hybridized carbons (Fsp3) is 0.0714. The van der Waals surface area contributed by atoms with E-state index in [1.54, 1.807) is 24.3 Å². The normalized spacial score (nSPS) is 9.95. The first-order valence-electron chi connectivity index (χ1n) is 5.45. The van der Waals surface area contributed by atoms with Crippen LogP contribution in [0.15, 0.2) is 41.3 Å². The fourth-order valence-corrected chi connectivity index (χ4v) is 2.31. The first-order chi connectivity index (χ1) is 9.15. The van der Waals surface area contributed by atoms with Crippen molar-refractivity contribution >= 4 is 29.1 Å².